The van der Waals surface area contributed by atoms with Crippen LogP contribution in [0.25, 0.3) is 0 Å². The van der Waals surface area contributed by atoms with E-state index in [1.165, 1.54) is 5.46 Å². The third-order valence-corrected chi connectivity index (χ3v) is 1.48. The molecule has 0 aromatic carbocycles. The predicted molar refractivity (Wildman–Crippen MR) is 44.8 cm³/mol. The van der Waals surface area contributed by atoms with Gasteiger partial charge in [0.15, 0.2) is 0 Å². The third-order valence-electron chi connectivity index (χ3n) is 1.14. The van der Waals surface area contributed by atoms with Gasteiger partial charge in [-0.05, 0) is 6.07 Å². The van der Waals surface area contributed by atoms with Gasteiger partial charge in [-0.1, -0.05) is 27.6 Å². The van der Waals surface area contributed by atoms with Gasteiger partial charge in [0.2, 0.25) is 0 Å². The van der Waals surface area contributed by atoms with E-state index in [1.807, 2.05) is 32.4 Å². The van der Waals surface area contributed by atoms with Gasteiger partial charge in [-0.3, -0.25) is 4.98 Å². The topological polar surface area (TPSA) is 12.9 Å². The van der Waals surface area contributed by atoms with Gasteiger partial charge in [-0.25, -0.2) is 0 Å². The van der Waals surface area contributed by atoms with E-state index in [0.717, 1.165) is 5.44 Å². The summed E-state index contributed by atoms with van der Waals surface area (Å²) in [6, 6.07) is 4.01. The molecule has 0 fully saturated rings. The highest BCUT2D eigenvalue weighted by Gasteiger charge is 1.87. The first-order chi connectivity index (χ1) is 4.33. The fourth-order valence-corrected chi connectivity index (χ4v) is 0.758. The van der Waals surface area contributed by atoms with Crippen molar-refractivity contribution in [3.8, 4) is 0 Å². The summed E-state index contributed by atoms with van der Waals surface area (Å²) < 4.78 is 0. The Balaban J connectivity index is 2.88. The Labute approximate surface area is 58.3 Å². The molecule has 0 N–H and O–H groups in total. The van der Waals surface area contributed by atoms with E-state index in [9.17, 15) is 0 Å². The number of pyridine rings is 1. The predicted octanol–water partition coefficient (Wildman–Crippen LogP) is -0.0404. The van der Waals surface area contributed by atoms with Crippen LogP contribution in [0.15, 0.2) is 18.3 Å². The van der Waals surface area contributed by atoms with Crippen LogP contribution >= 0.6 is 9.24 Å². The van der Waals surface area contributed by atoms with Crippen LogP contribution in [-0.2, 0) is 0 Å². The summed E-state index contributed by atoms with van der Waals surface area (Å²) in [5.41, 5.74) is 2.15. The number of hydrogen-bond donors (Lipinski definition) is 0. The summed E-state index contributed by atoms with van der Waals surface area (Å²) in [6.07, 6.45) is 1.85. The summed E-state index contributed by atoms with van der Waals surface area (Å²) in [4.78, 5) is 4.08. The molecule has 1 aromatic heterocycles. The third kappa shape index (κ3) is 1.80. The van der Waals surface area contributed by atoms with E-state index in [4.69, 9.17) is 0 Å². The van der Waals surface area contributed by atoms with Crippen molar-refractivity contribution in [3.05, 3.63) is 18.3 Å². The molecule has 1 radical (unpaired) electrons. The molecular formula is C6H8BNP. The molecule has 0 saturated heterocycles. The Kier molecular flexibility index (Phi) is 2.24. The molecule has 0 amide bonds. The molecule has 9 heavy (non-hydrogen) atoms. The maximum Gasteiger partial charge on any atom is 0.150 e. The minimum Gasteiger partial charge on any atom is -0.258 e. The molecule has 1 aromatic rings. The van der Waals surface area contributed by atoms with E-state index >= 15 is 0 Å². The Morgan fingerprint density at radius 2 is 2.33 bits per heavy atom. The van der Waals surface area contributed by atoms with E-state index in [1.54, 1.807) is 0 Å². The van der Waals surface area contributed by atoms with Crippen molar-refractivity contribution < 1.29 is 0 Å². The van der Waals surface area contributed by atoms with Gasteiger partial charge in [-0.2, -0.15) is 0 Å². The van der Waals surface area contributed by atoms with Gasteiger partial charge in [0.05, 0.1) is 5.44 Å². The largest absolute Gasteiger partial charge is 0.258 e. The van der Waals surface area contributed by atoms with Crippen molar-refractivity contribution >= 4 is 27.4 Å². The summed E-state index contributed by atoms with van der Waals surface area (Å²) >= 11 is 0. The fraction of sp³-hybridized carbons (Fsp3) is 0.167. The summed E-state index contributed by atoms with van der Waals surface area (Å²) in [5, 5.41) is 0. The lowest BCUT2D eigenvalue weighted by atomic mass is 9.74. The minimum atomic E-state index is 0.987. The van der Waals surface area contributed by atoms with Crippen LogP contribution in [0.4, 0.5) is 0 Å². The zero-order chi connectivity index (χ0) is 6.69. The highest BCUT2D eigenvalue weighted by molar-refractivity contribution is 7.26. The fourth-order valence-electron chi connectivity index (χ4n) is 0.588. The summed E-state index contributed by atoms with van der Waals surface area (Å²) in [7, 11) is 4.57. The molecule has 1 nitrogen and oxygen atoms in total. The van der Waals surface area contributed by atoms with Crippen molar-refractivity contribution in [3.63, 3.8) is 0 Å². The molecule has 1 heterocycles. The van der Waals surface area contributed by atoms with Crippen LogP contribution in [0.3, 0.4) is 0 Å². The maximum atomic E-state index is 4.08. The van der Waals surface area contributed by atoms with Crippen molar-refractivity contribution in [2.24, 2.45) is 0 Å². The summed E-state index contributed by atoms with van der Waals surface area (Å²) in [6.45, 7) is 2.00. The van der Waals surface area contributed by atoms with Crippen molar-refractivity contribution in [1.29, 1.82) is 0 Å². The Morgan fingerprint density at radius 3 is 2.78 bits per heavy atom. The monoisotopic (exact) mass is 136 g/mol. The zero-order valence-corrected chi connectivity index (χ0v) is 6.49. The van der Waals surface area contributed by atoms with E-state index in [0.29, 0.717) is 0 Å². The Hall–Kier alpha value is -0.355. The molecule has 0 spiro atoms. The SMILES string of the molecule is C[B]c1ccc(P)nc1. The zero-order valence-electron chi connectivity index (χ0n) is 5.33. The number of aromatic nitrogens is 1. The lowest BCUT2D eigenvalue weighted by molar-refractivity contribution is 1.42. The average molecular weight is 136 g/mol. The molecule has 0 saturated carbocycles. The second-order valence-corrected chi connectivity index (χ2v) is 2.40. The lowest BCUT2D eigenvalue weighted by Crippen LogP contribution is -2.13. The number of hydrogen-bond acceptors (Lipinski definition) is 1. The number of rotatable bonds is 1. The smallest absolute Gasteiger partial charge is 0.150 e. The van der Waals surface area contributed by atoms with E-state index in [-0.39, 0.29) is 0 Å². The van der Waals surface area contributed by atoms with Crippen molar-refractivity contribution in [2.75, 3.05) is 0 Å². The van der Waals surface area contributed by atoms with Crippen molar-refractivity contribution in [2.45, 2.75) is 6.82 Å². The molecule has 3 heteroatoms. The van der Waals surface area contributed by atoms with Crippen molar-refractivity contribution in [1.82, 2.24) is 4.98 Å². The average Bonchev–Trinajstić information content (AvgIpc) is 1.90. The molecule has 0 aliphatic rings. The molecule has 45 valence electrons. The molecule has 0 aliphatic heterocycles. The minimum absolute atomic E-state index is 0.987. The van der Waals surface area contributed by atoms with E-state index < -0.39 is 0 Å². The van der Waals surface area contributed by atoms with Gasteiger partial charge in [0.25, 0.3) is 0 Å². The van der Waals surface area contributed by atoms with Gasteiger partial charge in [0, 0.05) is 6.20 Å². The summed E-state index contributed by atoms with van der Waals surface area (Å²) in [5.74, 6) is 0. The molecule has 1 unspecified atom stereocenters. The van der Waals surface area contributed by atoms with Gasteiger partial charge in [0.1, 0.15) is 7.28 Å². The number of nitrogens with zero attached hydrogens (tertiary/aromatic N) is 1. The first-order valence-corrected chi connectivity index (χ1v) is 3.41. The van der Waals surface area contributed by atoms with Crippen LogP contribution < -0.4 is 10.9 Å². The van der Waals surface area contributed by atoms with E-state index in [2.05, 4.69) is 14.2 Å². The Bertz CT molecular complexity index is 185. The standard InChI is InChI=1S/C6H8BNP/c1-7-5-2-3-6(9)8-4-5/h2-4H,9H2,1H3. The second-order valence-electron chi connectivity index (χ2n) is 1.81. The highest BCUT2D eigenvalue weighted by atomic mass is 31.0. The first kappa shape index (κ1) is 6.76. The molecule has 1 atom stereocenters. The first-order valence-electron chi connectivity index (χ1n) is 2.84. The van der Waals surface area contributed by atoms with Gasteiger partial charge in [-0.15, -0.1) is 0 Å². The quantitative estimate of drug-likeness (QED) is 0.389. The molecular weight excluding hydrogens is 128 g/mol. The highest BCUT2D eigenvalue weighted by Crippen LogP contribution is 1.80. The van der Waals surface area contributed by atoms with Gasteiger partial charge < -0.3 is 0 Å². The molecule has 0 bridgehead atoms. The van der Waals surface area contributed by atoms with Crippen LogP contribution in [0, 0.1) is 0 Å². The normalized spacial score (nSPS) is 9.11. The maximum absolute atomic E-state index is 4.08. The van der Waals surface area contributed by atoms with Crippen LogP contribution in [0.5, 0.6) is 0 Å². The molecule has 0 aliphatic carbocycles. The van der Waals surface area contributed by atoms with Gasteiger partial charge >= 0.3 is 0 Å². The Morgan fingerprint density at radius 1 is 1.56 bits per heavy atom. The van der Waals surface area contributed by atoms with Crippen LogP contribution in [0.2, 0.25) is 6.82 Å². The second kappa shape index (κ2) is 2.98. The molecule has 1 rings (SSSR count). The van der Waals surface area contributed by atoms with Crippen LogP contribution in [-0.4, -0.2) is 12.3 Å². The lowest BCUT2D eigenvalue weighted by Gasteiger charge is -1.92. The van der Waals surface area contributed by atoms with Crippen LogP contribution in [0.1, 0.15) is 0 Å².